The molecule has 11 heteroatoms. The third kappa shape index (κ3) is 4.57. The number of carbonyl (C=O) groups is 2. The number of rotatable bonds is 7. The van der Waals surface area contributed by atoms with Crippen LogP contribution < -0.4 is 20.1 Å². The Hall–Kier alpha value is -3.31. The van der Waals surface area contributed by atoms with E-state index in [1.807, 2.05) is 0 Å². The van der Waals surface area contributed by atoms with Crippen molar-refractivity contribution in [3.63, 3.8) is 0 Å². The van der Waals surface area contributed by atoms with Gasteiger partial charge in [0.15, 0.2) is 21.3 Å². The van der Waals surface area contributed by atoms with Gasteiger partial charge in [-0.25, -0.2) is 8.42 Å². The molecule has 0 aliphatic carbocycles. The summed E-state index contributed by atoms with van der Waals surface area (Å²) in [5, 5.41) is 5.37. The van der Waals surface area contributed by atoms with Crippen LogP contribution in [0.5, 0.6) is 11.5 Å². The molecule has 4 rings (SSSR count). The van der Waals surface area contributed by atoms with E-state index in [2.05, 4.69) is 10.6 Å². The Morgan fingerprint density at radius 2 is 1.84 bits per heavy atom. The zero-order valence-corrected chi connectivity index (χ0v) is 17.7. The fourth-order valence-corrected chi connectivity index (χ4v) is 5.77. The minimum atomic E-state index is -3.81. The fraction of sp³-hybridized carbons (Fsp3) is 0.200. The first-order valence-corrected chi connectivity index (χ1v) is 11.6. The van der Waals surface area contributed by atoms with Gasteiger partial charge in [0.25, 0.3) is 0 Å². The quantitative estimate of drug-likeness (QED) is 0.515. The SMILES string of the molecule is O=C(NCc1ccc2c(c1)OCO2)C(=O)NC[C@H](c1ccco1)S(=O)(=O)c1cccs1. The summed E-state index contributed by atoms with van der Waals surface area (Å²) in [6, 6.07) is 11.4. The molecule has 0 unspecified atom stereocenters. The highest BCUT2D eigenvalue weighted by atomic mass is 32.2. The summed E-state index contributed by atoms with van der Waals surface area (Å²) >= 11 is 1.07. The number of amides is 2. The molecule has 0 radical (unpaired) electrons. The molecule has 2 amide bonds. The first kappa shape index (κ1) is 20.9. The van der Waals surface area contributed by atoms with E-state index in [0.29, 0.717) is 11.5 Å². The molecular formula is C20H18N2O7S2. The molecule has 0 saturated heterocycles. The zero-order valence-electron chi connectivity index (χ0n) is 16.1. The highest BCUT2D eigenvalue weighted by molar-refractivity contribution is 7.93. The number of nitrogens with one attached hydrogen (secondary N) is 2. The van der Waals surface area contributed by atoms with Crippen LogP contribution in [0.15, 0.2) is 62.7 Å². The van der Waals surface area contributed by atoms with Crippen LogP contribution in [-0.2, 0) is 26.0 Å². The van der Waals surface area contributed by atoms with Gasteiger partial charge in [-0.3, -0.25) is 9.59 Å². The van der Waals surface area contributed by atoms with Crippen LogP contribution in [0.3, 0.4) is 0 Å². The van der Waals surface area contributed by atoms with Crippen molar-refractivity contribution in [2.24, 2.45) is 0 Å². The molecule has 31 heavy (non-hydrogen) atoms. The maximum absolute atomic E-state index is 13.0. The molecule has 2 aromatic heterocycles. The Kier molecular flexibility index (Phi) is 5.96. The molecule has 1 atom stereocenters. The predicted octanol–water partition coefficient (Wildman–Crippen LogP) is 2.02. The molecule has 162 valence electrons. The third-order valence-electron chi connectivity index (χ3n) is 4.55. The van der Waals surface area contributed by atoms with Crippen molar-refractivity contribution in [1.82, 2.24) is 10.6 Å². The molecule has 9 nitrogen and oxygen atoms in total. The van der Waals surface area contributed by atoms with Gasteiger partial charge in [0.2, 0.25) is 6.79 Å². The summed E-state index contributed by atoms with van der Waals surface area (Å²) < 4.78 is 41.8. The Morgan fingerprint density at radius 1 is 1.03 bits per heavy atom. The number of carbonyl (C=O) groups excluding carboxylic acids is 2. The second-order valence-corrected chi connectivity index (χ2v) is 9.87. The summed E-state index contributed by atoms with van der Waals surface area (Å²) in [5.74, 6) is -0.474. The number of ether oxygens (including phenoxy) is 2. The lowest BCUT2D eigenvalue weighted by Gasteiger charge is -2.15. The van der Waals surface area contributed by atoms with Gasteiger partial charge in [-0.15, -0.1) is 11.3 Å². The van der Waals surface area contributed by atoms with E-state index in [9.17, 15) is 18.0 Å². The summed E-state index contributed by atoms with van der Waals surface area (Å²) in [7, 11) is -3.81. The molecule has 1 aliphatic rings. The summed E-state index contributed by atoms with van der Waals surface area (Å²) in [4.78, 5) is 24.4. The number of hydrogen-bond donors (Lipinski definition) is 2. The van der Waals surface area contributed by atoms with Gasteiger partial charge in [0.1, 0.15) is 15.2 Å². The van der Waals surface area contributed by atoms with Gasteiger partial charge < -0.3 is 24.5 Å². The Balaban J connectivity index is 1.38. The minimum absolute atomic E-state index is 0.0952. The Morgan fingerprint density at radius 3 is 2.58 bits per heavy atom. The first-order valence-electron chi connectivity index (χ1n) is 9.20. The number of thiophene rings is 1. The Bertz CT molecular complexity index is 1170. The second kappa shape index (κ2) is 8.82. The molecule has 1 aromatic carbocycles. The van der Waals surface area contributed by atoms with Gasteiger partial charge in [-0.05, 0) is 41.3 Å². The zero-order chi connectivity index (χ0) is 21.8. The normalized spacial score (nSPS) is 13.5. The van der Waals surface area contributed by atoms with Gasteiger partial charge in [-0.2, -0.15) is 0 Å². The van der Waals surface area contributed by atoms with Crippen LogP contribution in [0.1, 0.15) is 16.6 Å². The Labute approximate surface area is 181 Å². The van der Waals surface area contributed by atoms with Gasteiger partial charge in [0.05, 0.1) is 6.26 Å². The maximum atomic E-state index is 13.0. The largest absolute Gasteiger partial charge is 0.468 e. The van der Waals surface area contributed by atoms with E-state index in [0.717, 1.165) is 16.9 Å². The van der Waals surface area contributed by atoms with Crippen LogP contribution in [0, 0.1) is 0 Å². The van der Waals surface area contributed by atoms with Crippen molar-refractivity contribution < 1.29 is 31.9 Å². The fourth-order valence-electron chi connectivity index (χ4n) is 2.98. The van der Waals surface area contributed by atoms with Crippen molar-refractivity contribution in [3.05, 3.63) is 65.4 Å². The monoisotopic (exact) mass is 462 g/mol. The smallest absolute Gasteiger partial charge is 0.309 e. The summed E-state index contributed by atoms with van der Waals surface area (Å²) in [6.45, 7) is -0.0825. The van der Waals surface area contributed by atoms with E-state index < -0.39 is 26.9 Å². The molecule has 0 bridgehead atoms. The molecule has 1 aliphatic heterocycles. The van der Waals surface area contributed by atoms with Crippen molar-refractivity contribution >= 4 is 33.0 Å². The van der Waals surface area contributed by atoms with Gasteiger partial charge in [-0.1, -0.05) is 12.1 Å². The molecule has 2 N–H and O–H groups in total. The van der Waals surface area contributed by atoms with Crippen LogP contribution >= 0.6 is 11.3 Å². The average Bonchev–Trinajstić information content (AvgIpc) is 3.53. The number of sulfone groups is 1. The van der Waals surface area contributed by atoms with E-state index in [1.165, 1.54) is 18.4 Å². The van der Waals surface area contributed by atoms with Gasteiger partial charge in [0, 0.05) is 13.1 Å². The lowest BCUT2D eigenvalue weighted by molar-refractivity contribution is -0.139. The highest BCUT2D eigenvalue weighted by Crippen LogP contribution is 2.33. The number of benzene rings is 1. The second-order valence-electron chi connectivity index (χ2n) is 6.56. The topological polar surface area (TPSA) is 124 Å². The van der Waals surface area contributed by atoms with E-state index in [1.54, 1.807) is 35.7 Å². The van der Waals surface area contributed by atoms with Crippen molar-refractivity contribution in [2.45, 2.75) is 16.0 Å². The number of hydrogen-bond acceptors (Lipinski definition) is 8. The van der Waals surface area contributed by atoms with Crippen LogP contribution in [0.4, 0.5) is 0 Å². The lowest BCUT2D eigenvalue weighted by Crippen LogP contribution is -2.42. The highest BCUT2D eigenvalue weighted by Gasteiger charge is 2.33. The first-order chi connectivity index (χ1) is 14.9. The van der Waals surface area contributed by atoms with Crippen LogP contribution in [0.2, 0.25) is 0 Å². The van der Waals surface area contributed by atoms with E-state index in [4.69, 9.17) is 13.9 Å². The van der Waals surface area contributed by atoms with Crippen LogP contribution in [-0.4, -0.2) is 33.6 Å². The number of furan rings is 1. The van der Waals surface area contributed by atoms with Crippen molar-refractivity contribution in [3.8, 4) is 11.5 Å². The average molecular weight is 463 g/mol. The van der Waals surface area contributed by atoms with Gasteiger partial charge >= 0.3 is 11.8 Å². The summed E-state index contributed by atoms with van der Waals surface area (Å²) in [5.41, 5.74) is 0.721. The summed E-state index contributed by atoms with van der Waals surface area (Å²) in [6.07, 6.45) is 1.35. The predicted molar refractivity (Wildman–Crippen MR) is 110 cm³/mol. The van der Waals surface area contributed by atoms with E-state index in [-0.39, 0.29) is 29.9 Å². The molecule has 3 heterocycles. The number of fused-ring (bicyclic) bond motifs is 1. The van der Waals surface area contributed by atoms with Crippen LogP contribution in [0.25, 0.3) is 0 Å². The maximum Gasteiger partial charge on any atom is 0.309 e. The minimum Gasteiger partial charge on any atom is -0.468 e. The molecule has 0 spiro atoms. The van der Waals surface area contributed by atoms with Crippen molar-refractivity contribution in [1.29, 1.82) is 0 Å². The molecule has 0 fully saturated rings. The standard InChI is InChI=1S/C20H18N2O7S2/c23-19(21-10-13-5-6-14-16(9-13)29-12-28-14)20(24)22-11-17(15-3-1-7-27-15)31(25,26)18-4-2-8-30-18/h1-9,17H,10-12H2,(H,21,23)(H,22,24)/t17-/m1/s1. The molecular weight excluding hydrogens is 444 g/mol. The molecule has 3 aromatic rings. The van der Waals surface area contributed by atoms with Crippen molar-refractivity contribution in [2.75, 3.05) is 13.3 Å². The molecule has 0 saturated carbocycles. The van der Waals surface area contributed by atoms with E-state index >= 15 is 0 Å². The lowest BCUT2D eigenvalue weighted by atomic mass is 10.2. The third-order valence-corrected chi connectivity index (χ3v) is 8.05.